The molecule has 0 bridgehead atoms. The van der Waals surface area contributed by atoms with Gasteiger partial charge in [-0.15, -0.1) is 0 Å². The molecule has 1 aliphatic carbocycles. The highest BCUT2D eigenvalue weighted by atomic mass is 19.1. The SMILES string of the molecule is O=C(OCC(=O)N1N=C2C(=Cc3ccco3)CCCC2C1c1ccco1)c1ccc(F)cc1F. The van der Waals surface area contributed by atoms with E-state index >= 15 is 0 Å². The summed E-state index contributed by atoms with van der Waals surface area (Å²) in [7, 11) is 0. The molecule has 1 amide bonds. The standard InChI is InChI=1S/C25H20F2N2O5/c26-16-8-9-18(20(27)13-16)25(31)34-14-22(30)29-24(21-7-3-11-33-21)19-6-1-4-15(23(19)28-29)12-17-5-2-10-32-17/h2-3,5,7-13,19,24H,1,4,6,14H2. The summed E-state index contributed by atoms with van der Waals surface area (Å²) < 4.78 is 43.1. The lowest BCUT2D eigenvalue weighted by molar-refractivity contribution is -0.137. The van der Waals surface area contributed by atoms with Gasteiger partial charge in [-0.2, -0.15) is 5.10 Å². The Balaban J connectivity index is 1.39. The molecule has 3 heterocycles. The predicted octanol–water partition coefficient (Wildman–Crippen LogP) is 5.13. The minimum atomic E-state index is -1.07. The summed E-state index contributed by atoms with van der Waals surface area (Å²) >= 11 is 0. The third kappa shape index (κ3) is 4.16. The number of carbonyl (C=O) groups excluding carboxylic acids is 2. The van der Waals surface area contributed by atoms with E-state index in [2.05, 4.69) is 5.10 Å². The van der Waals surface area contributed by atoms with E-state index in [-0.39, 0.29) is 5.92 Å². The molecule has 1 saturated carbocycles. The average Bonchev–Trinajstić information content (AvgIpc) is 3.58. The zero-order valence-electron chi connectivity index (χ0n) is 17.9. The highest BCUT2D eigenvalue weighted by Crippen LogP contribution is 2.44. The molecule has 0 radical (unpaired) electrons. The number of allylic oxidation sites excluding steroid dienone is 1. The molecule has 3 aromatic rings. The van der Waals surface area contributed by atoms with Crippen molar-refractivity contribution in [1.82, 2.24) is 5.01 Å². The molecule has 7 nitrogen and oxygen atoms in total. The number of fused-ring (bicyclic) bond motifs is 1. The first kappa shape index (κ1) is 21.8. The number of hydrogen-bond donors (Lipinski definition) is 0. The number of rotatable bonds is 5. The van der Waals surface area contributed by atoms with Crippen LogP contribution in [0.2, 0.25) is 0 Å². The van der Waals surface area contributed by atoms with Crippen molar-refractivity contribution in [2.75, 3.05) is 6.61 Å². The highest BCUT2D eigenvalue weighted by molar-refractivity contribution is 6.08. The van der Waals surface area contributed by atoms with Crippen LogP contribution in [0.5, 0.6) is 0 Å². The van der Waals surface area contributed by atoms with Crippen molar-refractivity contribution in [3.63, 3.8) is 0 Å². The molecule has 5 rings (SSSR count). The summed E-state index contributed by atoms with van der Waals surface area (Å²) in [6, 6.07) is 9.13. The van der Waals surface area contributed by atoms with Gasteiger partial charge in [0.15, 0.2) is 6.61 Å². The summed E-state index contributed by atoms with van der Waals surface area (Å²) in [5.41, 5.74) is 1.26. The van der Waals surface area contributed by atoms with E-state index in [4.69, 9.17) is 13.6 Å². The van der Waals surface area contributed by atoms with Crippen molar-refractivity contribution >= 4 is 23.7 Å². The third-order valence-electron chi connectivity index (χ3n) is 5.93. The van der Waals surface area contributed by atoms with Crippen LogP contribution in [0, 0.1) is 17.6 Å². The van der Waals surface area contributed by atoms with Crippen LogP contribution in [-0.2, 0) is 9.53 Å². The molecule has 2 aliphatic rings. The summed E-state index contributed by atoms with van der Waals surface area (Å²) in [4.78, 5) is 25.4. The number of benzene rings is 1. The molecule has 2 aromatic heterocycles. The average molecular weight is 466 g/mol. The summed E-state index contributed by atoms with van der Waals surface area (Å²) in [5, 5.41) is 5.88. The Hall–Kier alpha value is -4.01. The van der Waals surface area contributed by atoms with Crippen molar-refractivity contribution in [3.05, 3.63) is 89.3 Å². The number of hydrogen-bond acceptors (Lipinski definition) is 6. The molecule has 1 aliphatic heterocycles. The third-order valence-corrected chi connectivity index (χ3v) is 5.93. The van der Waals surface area contributed by atoms with Crippen LogP contribution in [0.25, 0.3) is 6.08 Å². The largest absolute Gasteiger partial charge is 0.467 e. The fraction of sp³-hybridized carbons (Fsp3) is 0.240. The fourth-order valence-electron chi connectivity index (χ4n) is 4.42. The predicted molar refractivity (Wildman–Crippen MR) is 116 cm³/mol. The number of ether oxygens (including phenoxy) is 1. The zero-order chi connectivity index (χ0) is 23.7. The molecule has 34 heavy (non-hydrogen) atoms. The molecule has 2 atom stereocenters. The Morgan fingerprint density at radius 2 is 1.97 bits per heavy atom. The minimum Gasteiger partial charge on any atom is -0.467 e. The lowest BCUT2D eigenvalue weighted by atomic mass is 9.79. The van der Waals surface area contributed by atoms with Gasteiger partial charge in [-0.3, -0.25) is 4.79 Å². The van der Waals surface area contributed by atoms with Crippen molar-refractivity contribution in [1.29, 1.82) is 0 Å². The molecule has 1 aromatic carbocycles. The van der Waals surface area contributed by atoms with E-state index in [1.807, 2.05) is 12.1 Å². The Labute approximate surface area is 193 Å². The fourth-order valence-corrected chi connectivity index (χ4v) is 4.42. The van der Waals surface area contributed by atoms with Crippen LogP contribution < -0.4 is 0 Å². The van der Waals surface area contributed by atoms with E-state index in [0.717, 1.165) is 42.7 Å². The minimum absolute atomic E-state index is 0.102. The number of nitrogens with zero attached hydrogens (tertiary/aromatic N) is 2. The molecular weight excluding hydrogens is 446 g/mol. The molecule has 0 spiro atoms. The van der Waals surface area contributed by atoms with E-state index < -0.39 is 41.7 Å². The smallest absolute Gasteiger partial charge is 0.341 e. The van der Waals surface area contributed by atoms with E-state index in [1.54, 1.807) is 24.5 Å². The van der Waals surface area contributed by atoms with E-state index in [1.165, 1.54) is 11.3 Å². The maximum absolute atomic E-state index is 13.9. The van der Waals surface area contributed by atoms with Crippen LogP contribution in [0.1, 0.15) is 47.2 Å². The van der Waals surface area contributed by atoms with Gasteiger partial charge in [0.2, 0.25) is 0 Å². The van der Waals surface area contributed by atoms with E-state index in [9.17, 15) is 18.4 Å². The maximum atomic E-state index is 13.9. The molecule has 9 heteroatoms. The normalized spacial score (nSPS) is 20.8. The second kappa shape index (κ2) is 9.09. The van der Waals surface area contributed by atoms with Gasteiger partial charge in [-0.05, 0) is 67.3 Å². The molecule has 2 unspecified atom stereocenters. The maximum Gasteiger partial charge on any atom is 0.341 e. The molecule has 174 valence electrons. The van der Waals surface area contributed by atoms with Gasteiger partial charge >= 0.3 is 5.97 Å². The van der Waals surface area contributed by atoms with Gasteiger partial charge in [0, 0.05) is 12.0 Å². The van der Waals surface area contributed by atoms with E-state index in [0.29, 0.717) is 17.6 Å². The first-order valence-corrected chi connectivity index (χ1v) is 10.8. The monoisotopic (exact) mass is 466 g/mol. The van der Waals surface area contributed by atoms with Gasteiger partial charge in [-0.1, -0.05) is 0 Å². The van der Waals surface area contributed by atoms with Crippen molar-refractivity contribution in [2.24, 2.45) is 11.0 Å². The van der Waals surface area contributed by atoms with Crippen LogP contribution in [0.3, 0.4) is 0 Å². The molecule has 0 N–H and O–H groups in total. The van der Waals surface area contributed by atoms with Crippen LogP contribution >= 0.6 is 0 Å². The molecular formula is C25H20F2N2O5. The lowest BCUT2D eigenvalue weighted by Crippen LogP contribution is -2.34. The quantitative estimate of drug-likeness (QED) is 0.487. The van der Waals surface area contributed by atoms with Gasteiger partial charge in [-0.25, -0.2) is 18.6 Å². The molecule has 0 saturated heterocycles. The van der Waals surface area contributed by atoms with Gasteiger partial charge < -0.3 is 13.6 Å². The van der Waals surface area contributed by atoms with Crippen molar-refractivity contribution in [3.8, 4) is 0 Å². The van der Waals surface area contributed by atoms with Crippen LogP contribution in [0.4, 0.5) is 8.78 Å². The van der Waals surface area contributed by atoms with Gasteiger partial charge in [0.05, 0.1) is 23.8 Å². The summed E-state index contributed by atoms with van der Waals surface area (Å²) in [5.74, 6) is -2.39. The van der Waals surface area contributed by atoms with Gasteiger partial charge in [0.1, 0.15) is 29.2 Å². The number of hydrazone groups is 1. The van der Waals surface area contributed by atoms with Gasteiger partial charge in [0.25, 0.3) is 5.91 Å². The van der Waals surface area contributed by atoms with Crippen molar-refractivity contribution in [2.45, 2.75) is 25.3 Å². The first-order valence-electron chi connectivity index (χ1n) is 10.8. The number of halogens is 2. The Bertz CT molecular complexity index is 1260. The Kier molecular flexibility index (Phi) is 5.83. The lowest BCUT2D eigenvalue weighted by Gasteiger charge is -2.27. The first-order chi connectivity index (χ1) is 16.5. The zero-order valence-corrected chi connectivity index (χ0v) is 17.9. The molecule has 1 fully saturated rings. The Morgan fingerprint density at radius 3 is 2.71 bits per heavy atom. The topological polar surface area (TPSA) is 85.3 Å². The second-order valence-corrected chi connectivity index (χ2v) is 8.07. The van der Waals surface area contributed by atoms with Crippen LogP contribution in [-0.4, -0.2) is 29.2 Å². The number of amides is 1. The Morgan fingerprint density at radius 1 is 1.15 bits per heavy atom. The number of furan rings is 2. The summed E-state index contributed by atoms with van der Waals surface area (Å²) in [6.45, 7) is -0.659. The van der Waals surface area contributed by atoms with Crippen molar-refractivity contribution < 1.29 is 31.9 Å². The summed E-state index contributed by atoms with van der Waals surface area (Å²) in [6.07, 6.45) is 7.49. The van der Waals surface area contributed by atoms with Crippen LogP contribution in [0.15, 0.2) is 74.5 Å². The second-order valence-electron chi connectivity index (χ2n) is 8.07. The number of esters is 1. The number of carbonyl (C=O) groups is 2. The highest BCUT2D eigenvalue weighted by Gasteiger charge is 2.45.